The van der Waals surface area contributed by atoms with Crippen LogP contribution < -0.4 is 4.74 Å². The highest BCUT2D eigenvalue weighted by atomic mass is 32.2. The predicted molar refractivity (Wildman–Crippen MR) is 114 cm³/mol. The first-order valence-electron chi connectivity index (χ1n) is 10.1. The van der Waals surface area contributed by atoms with Crippen molar-refractivity contribution < 1.29 is 27.4 Å². The Morgan fingerprint density at radius 2 is 2.06 bits per heavy atom. The number of para-hydroxylation sites is 1. The van der Waals surface area contributed by atoms with Crippen molar-refractivity contribution in [2.24, 2.45) is 0 Å². The van der Waals surface area contributed by atoms with Gasteiger partial charge in [0, 0.05) is 18.0 Å². The number of aromatic nitrogens is 3. The Bertz CT molecular complexity index is 1260. The molecule has 1 N–H and O–H groups in total. The highest BCUT2D eigenvalue weighted by molar-refractivity contribution is 7.89. The summed E-state index contributed by atoms with van der Waals surface area (Å²) in [6.07, 6.45) is 0.876. The summed E-state index contributed by atoms with van der Waals surface area (Å²) < 4.78 is 49.7. The second-order valence-corrected chi connectivity index (χ2v) is 9.77. The topological polar surface area (TPSA) is 115 Å². The molecule has 0 bridgehead atoms. The quantitative estimate of drug-likeness (QED) is 0.573. The first kappa shape index (κ1) is 22.2. The van der Waals surface area contributed by atoms with Crippen LogP contribution in [0.5, 0.6) is 5.88 Å². The monoisotopic (exact) mass is 462 g/mol. The molecule has 0 aliphatic carbocycles. The molecule has 0 unspecified atom stereocenters. The first-order chi connectivity index (χ1) is 15.1. The number of alkyl halides is 1. The van der Waals surface area contributed by atoms with Gasteiger partial charge in [-0.2, -0.15) is 9.40 Å². The normalized spacial score (nSPS) is 21.8. The Morgan fingerprint density at radius 1 is 1.31 bits per heavy atom. The molecule has 2 aromatic heterocycles. The summed E-state index contributed by atoms with van der Waals surface area (Å²) in [5.74, 6) is -0.753. The lowest BCUT2D eigenvalue weighted by molar-refractivity contribution is -0.136. The molecule has 1 saturated heterocycles. The molecule has 0 amide bonds. The van der Waals surface area contributed by atoms with Crippen molar-refractivity contribution in [2.75, 3.05) is 19.7 Å². The van der Waals surface area contributed by atoms with E-state index in [1.54, 1.807) is 31.2 Å². The van der Waals surface area contributed by atoms with E-state index < -0.39 is 27.7 Å². The standard InChI is InChI=1S/C21H23FN4O5S/c1-3-31-19-9-8-14(11-23-19)32(29,30)25-12-18(21(2,22)13-25)26-17-7-5-4-6-15(17)16(24-26)10-20(27)28/h4-9,11,18H,3,10,12-13H2,1-2H3,(H,27,28)/t18-,21-/m0/s1. The predicted octanol–water partition coefficient (Wildman–Crippen LogP) is 2.43. The fourth-order valence-electron chi connectivity index (χ4n) is 3.98. The molecular weight excluding hydrogens is 439 g/mol. The molecule has 4 rings (SSSR count). The molecule has 3 heterocycles. The van der Waals surface area contributed by atoms with E-state index in [9.17, 15) is 18.3 Å². The second-order valence-electron chi connectivity index (χ2n) is 7.84. The van der Waals surface area contributed by atoms with Gasteiger partial charge in [0.1, 0.15) is 16.6 Å². The number of pyridine rings is 1. The molecule has 32 heavy (non-hydrogen) atoms. The summed E-state index contributed by atoms with van der Waals surface area (Å²) in [6.45, 7) is 3.00. The van der Waals surface area contributed by atoms with Crippen LogP contribution in [0.4, 0.5) is 4.39 Å². The molecule has 0 saturated carbocycles. The smallest absolute Gasteiger partial charge is 0.309 e. The molecule has 3 aromatic rings. The Kier molecular flexibility index (Phi) is 5.63. The molecule has 9 nitrogen and oxygen atoms in total. The van der Waals surface area contributed by atoms with E-state index in [2.05, 4.69) is 10.1 Å². The third-order valence-electron chi connectivity index (χ3n) is 5.50. The van der Waals surface area contributed by atoms with Crippen molar-refractivity contribution in [1.29, 1.82) is 0 Å². The Balaban J connectivity index is 1.69. The van der Waals surface area contributed by atoms with Gasteiger partial charge in [-0.05, 0) is 26.0 Å². The van der Waals surface area contributed by atoms with Gasteiger partial charge in [0.2, 0.25) is 15.9 Å². The number of halogens is 1. The maximum atomic E-state index is 15.7. The van der Waals surface area contributed by atoms with Crippen LogP contribution in [-0.2, 0) is 21.2 Å². The van der Waals surface area contributed by atoms with E-state index >= 15 is 4.39 Å². The van der Waals surface area contributed by atoms with Gasteiger partial charge in [-0.25, -0.2) is 17.8 Å². The number of nitrogens with zero attached hydrogens (tertiary/aromatic N) is 4. The number of fused-ring (bicyclic) bond motifs is 1. The van der Waals surface area contributed by atoms with Gasteiger partial charge >= 0.3 is 5.97 Å². The van der Waals surface area contributed by atoms with E-state index in [0.717, 1.165) is 4.31 Å². The number of hydrogen-bond acceptors (Lipinski definition) is 6. The van der Waals surface area contributed by atoms with Gasteiger partial charge < -0.3 is 9.84 Å². The number of carboxylic acid groups (broad SMARTS) is 1. The van der Waals surface area contributed by atoms with Crippen molar-refractivity contribution in [3.8, 4) is 5.88 Å². The number of carbonyl (C=O) groups is 1. The average molecular weight is 463 g/mol. The van der Waals surface area contributed by atoms with Crippen LogP contribution in [0, 0.1) is 0 Å². The van der Waals surface area contributed by atoms with Crippen molar-refractivity contribution in [3.05, 3.63) is 48.3 Å². The third-order valence-corrected chi connectivity index (χ3v) is 7.30. The number of hydrogen-bond donors (Lipinski definition) is 1. The molecule has 0 spiro atoms. The van der Waals surface area contributed by atoms with Crippen LogP contribution in [0.15, 0.2) is 47.5 Å². The van der Waals surface area contributed by atoms with E-state index in [1.165, 1.54) is 29.9 Å². The zero-order chi connectivity index (χ0) is 23.1. The third kappa shape index (κ3) is 3.93. The Hall–Kier alpha value is -3.05. The van der Waals surface area contributed by atoms with Crippen molar-refractivity contribution in [1.82, 2.24) is 19.1 Å². The lowest BCUT2D eigenvalue weighted by atomic mass is 10.0. The van der Waals surface area contributed by atoms with E-state index in [-0.39, 0.29) is 24.4 Å². The summed E-state index contributed by atoms with van der Waals surface area (Å²) in [4.78, 5) is 15.2. The zero-order valence-corrected chi connectivity index (χ0v) is 18.4. The number of carboxylic acids is 1. The molecule has 1 fully saturated rings. The summed E-state index contributed by atoms with van der Waals surface area (Å²) in [5.41, 5.74) is -1.07. The maximum Gasteiger partial charge on any atom is 0.309 e. The van der Waals surface area contributed by atoms with E-state index in [4.69, 9.17) is 4.74 Å². The minimum Gasteiger partial charge on any atom is -0.481 e. The Morgan fingerprint density at radius 3 is 2.72 bits per heavy atom. The van der Waals surface area contributed by atoms with Crippen LogP contribution in [0.2, 0.25) is 0 Å². The van der Waals surface area contributed by atoms with Gasteiger partial charge in [-0.3, -0.25) is 9.48 Å². The Labute approximate surface area is 184 Å². The van der Waals surface area contributed by atoms with Crippen LogP contribution in [0.3, 0.4) is 0 Å². The highest BCUT2D eigenvalue weighted by Crippen LogP contribution is 2.39. The molecule has 1 aromatic carbocycles. The molecule has 0 radical (unpaired) electrons. The number of aliphatic carboxylic acids is 1. The number of rotatable bonds is 7. The van der Waals surface area contributed by atoms with E-state index in [0.29, 0.717) is 29.1 Å². The number of benzene rings is 1. The molecular formula is C21H23FN4O5S. The summed E-state index contributed by atoms with van der Waals surface area (Å²) in [6, 6.07) is 8.84. The van der Waals surface area contributed by atoms with Gasteiger partial charge in [0.15, 0.2) is 0 Å². The minimum absolute atomic E-state index is 0.0608. The zero-order valence-electron chi connectivity index (χ0n) is 17.6. The molecule has 11 heteroatoms. The summed E-state index contributed by atoms with van der Waals surface area (Å²) in [7, 11) is -4.01. The van der Waals surface area contributed by atoms with Crippen LogP contribution in [0.1, 0.15) is 25.6 Å². The second kappa shape index (κ2) is 8.14. The van der Waals surface area contributed by atoms with Gasteiger partial charge in [-0.15, -0.1) is 0 Å². The average Bonchev–Trinajstić information content (AvgIpc) is 3.25. The number of sulfonamides is 1. The molecule has 2 atom stereocenters. The summed E-state index contributed by atoms with van der Waals surface area (Å²) >= 11 is 0. The van der Waals surface area contributed by atoms with E-state index in [1.807, 2.05) is 0 Å². The van der Waals surface area contributed by atoms with Gasteiger partial charge in [0.25, 0.3) is 0 Å². The minimum atomic E-state index is -4.01. The first-order valence-corrected chi connectivity index (χ1v) is 11.5. The van der Waals surface area contributed by atoms with Crippen LogP contribution >= 0.6 is 0 Å². The fourth-order valence-corrected chi connectivity index (χ4v) is 5.47. The number of ether oxygens (including phenoxy) is 1. The van der Waals surface area contributed by atoms with Crippen molar-refractivity contribution in [3.63, 3.8) is 0 Å². The lowest BCUT2D eigenvalue weighted by Crippen LogP contribution is -2.33. The van der Waals surface area contributed by atoms with Crippen LogP contribution in [-0.4, -0.2) is 63.9 Å². The largest absolute Gasteiger partial charge is 0.481 e. The SMILES string of the molecule is CCOc1ccc(S(=O)(=O)N2C[C@H](n3nc(CC(=O)O)c4ccccc43)[C@@](C)(F)C2)cn1. The molecule has 1 aliphatic heterocycles. The molecule has 170 valence electrons. The lowest BCUT2D eigenvalue weighted by Gasteiger charge is -2.22. The van der Waals surface area contributed by atoms with Crippen molar-refractivity contribution >= 4 is 26.9 Å². The fraction of sp³-hybridized carbons (Fsp3) is 0.381. The van der Waals surface area contributed by atoms with Gasteiger partial charge in [-0.1, -0.05) is 18.2 Å². The van der Waals surface area contributed by atoms with Crippen LogP contribution in [0.25, 0.3) is 10.9 Å². The van der Waals surface area contributed by atoms with Gasteiger partial charge in [0.05, 0.1) is 37.0 Å². The highest BCUT2D eigenvalue weighted by Gasteiger charge is 2.50. The summed E-state index contributed by atoms with van der Waals surface area (Å²) in [5, 5.41) is 14.2. The van der Waals surface area contributed by atoms with Crippen molar-refractivity contribution in [2.45, 2.75) is 36.9 Å². The molecule has 1 aliphatic rings. The maximum absolute atomic E-state index is 15.7.